The lowest BCUT2D eigenvalue weighted by atomic mass is 10.2. The van der Waals surface area contributed by atoms with E-state index in [0.717, 1.165) is 23.5 Å². The molecule has 0 radical (unpaired) electrons. The van der Waals surface area contributed by atoms with Gasteiger partial charge in [-0.05, 0) is 24.3 Å². The summed E-state index contributed by atoms with van der Waals surface area (Å²) in [5, 5.41) is 0. The minimum Gasteiger partial charge on any atom is -0.278 e. The fourth-order valence-corrected chi connectivity index (χ4v) is 4.02. The predicted octanol–water partition coefficient (Wildman–Crippen LogP) is 4.22. The first-order valence-electron chi connectivity index (χ1n) is 5.14. The molecule has 0 saturated carbocycles. The standard InChI is InChI=1S/C11H7ClF3NO2S2/c12-9-5-6-10(19-9)20(17,18)16-8-4-2-1-3-7(8)11(13,14)15/h1-6,16H. The second-order valence-electron chi connectivity index (χ2n) is 3.71. The molecule has 0 unspecified atom stereocenters. The molecule has 0 fully saturated rings. The van der Waals surface area contributed by atoms with Crippen LogP contribution in [0, 0.1) is 0 Å². The van der Waals surface area contributed by atoms with Crippen LogP contribution in [0.4, 0.5) is 18.9 Å². The number of hydrogen-bond donors (Lipinski definition) is 1. The van der Waals surface area contributed by atoms with Crippen molar-refractivity contribution in [2.45, 2.75) is 10.4 Å². The van der Waals surface area contributed by atoms with Gasteiger partial charge in [0.05, 0.1) is 15.6 Å². The minimum atomic E-state index is -4.65. The van der Waals surface area contributed by atoms with Gasteiger partial charge in [-0.3, -0.25) is 4.72 Å². The molecule has 0 aliphatic heterocycles. The molecule has 9 heteroatoms. The molecule has 1 aromatic heterocycles. The maximum absolute atomic E-state index is 12.8. The van der Waals surface area contributed by atoms with Crippen LogP contribution in [0.2, 0.25) is 4.34 Å². The van der Waals surface area contributed by atoms with Crippen molar-refractivity contribution < 1.29 is 21.6 Å². The molecule has 0 saturated heterocycles. The van der Waals surface area contributed by atoms with Crippen LogP contribution in [0.5, 0.6) is 0 Å². The van der Waals surface area contributed by atoms with E-state index in [9.17, 15) is 21.6 Å². The second-order valence-corrected chi connectivity index (χ2v) is 7.33. The van der Waals surface area contributed by atoms with Crippen molar-refractivity contribution in [1.82, 2.24) is 0 Å². The van der Waals surface area contributed by atoms with Crippen LogP contribution in [-0.2, 0) is 16.2 Å². The van der Waals surface area contributed by atoms with Crippen LogP contribution in [0.15, 0.2) is 40.6 Å². The van der Waals surface area contributed by atoms with Crippen molar-refractivity contribution in [3.8, 4) is 0 Å². The highest BCUT2D eigenvalue weighted by Gasteiger charge is 2.34. The van der Waals surface area contributed by atoms with E-state index in [4.69, 9.17) is 11.6 Å². The first-order valence-corrected chi connectivity index (χ1v) is 7.82. The first kappa shape index (κ1) is 15.1. The van der Waals surface area contributed by atoms with E-state index < -0.39 is 27.5 Å². The summed E-state index contributed by atoms with van der Waals surface area (Å²) in [7, 11) is -4.09. The average Bonchev–Trinajstić information content (AvgIpc) is 2.75. The van der Waals surface area contributed by atoms with E-state index >= 15 is 0 Å². The number of halogens is 4. The fourth-order valence-electron chi connectivity index (χ4n) is 1.46. The normalized spacial score (nSPS) is 12.4. The Kier molecular flexibility index (Phi) is 3.99. The first-order chi connectivity index (χ1) is 9.20. The summed E-state index contributed by atoms with van der Waals surface area (Å²) < 4.78 is 64.3. The lowest BCUT2D eigenvalue weighted by molar-refractivity contribution is -0.136. The molecule has 1 N–H and O–H groups in total. The number of alkyl halides is 3. The molecular weight excluding hydrogens is 335 g/mol. The topological polar surface area (TPSA) is 46.2 Å². The van der Waals surface area contributed by atoms with Crippen LogP contribution in [0.1, 0.15) is 5.56 Å². The van der Waals surface area contributed by atoms with Crippen molar-refractivity contribution >= 4 is 38.6 Å². The molecule has 0 spiro atoms. The SMILES string of the molecule is O=S(=O)(Nc1ccccc1C(F)(F)F)c1ccc(Cl)s1. The summed E-state index contributed by atoms with van der Waals surface area (Å²) in [6.45, 7) is 0. The molecule has 0 amide bonds. The fraction of sp³-hybridized carbons (Fsp3) is 0.0909. The number of para-hydroxylation sites is 1. The Labute approximate surface area is 122 Å². The summed E-state index contributed by atoms with van der Waals surface area (Å²) in [6, 6.07) is 6.94. The molecule has 108 valence electrons. The number of sulfonamides is 1. The Balaban J connectivity index is 2.40. The smallest absolute Gasteiger partial charge is 0.278 e. The highest BCUT2D eigenvalue weighted by molar-refractivity contribution is 7.94. The highest BCUT2D eigenvalue weighted by atomic mass is 35.5. The Morgan fingerprint density at radius 2 is 1.75 bits per heavy atom. The molecule has 0 aliphatic rings. The Morgan fingerprint density at radius 1 is 1.10 bits per heavy atom. The molecule has 3 nitrogen and oxygen atoms in total. The molecule has 1 aromatic carbocycles. The number of thiophene rings is 1. The van der Waals surface area contributed by atoms with Crippen LogP contribution in [0.25, 0.3) is 0 Å². The van der Waals surface area contributed by atoms with E-state index in [1.807, 2.05) is 4.72 Å². The largest absolute Gasteiger partial charge is 0.418 e. The van der Waals surface area contributed by atoms with E-state index in [2.05, 4.69) is 0 Å². The van der Waals surface area contributed by atoms with Gasteiger partial charge in [-0.2, -0.15) is 13.2 Å². The summed E-state index contributed by atoms with van der Waals surface area (Å²) in [6.07, 6.45) is -4.65. The van der Waals surface area contributed by atoms with E-state index in [1.54, 1.807) is 0 Å². The maximum atomic E-state index is 12.8. The van der Waals surface area contributed by atoms with Gasteiger partial charge in [-0.15, -0.1) is 11.3 Å². The van der Waals surface area contributed by atoms with Gasteiger partial charge < -0.3 is 0 Å². The van der Waals surface area contributed by atoms with Gasteiger partial charge in [0.25, 0.3) is 10.0 Å². The minimum absolute atomic E-state index is 0.153. The summed E-state index contributed by atoms with van der Waals surface area (Å²) in [4.78, 5) is 0. The zero-order chi connectivity index (χ0) is 15.0. The third kappa shape index (κ3) is 3.25. The lowest BCUT2D eigenvalue weighted by Crippen LogP contribution is -2.16. The van der Waals surface area contributed by atoms with Gasteiger partial charge in [0.1, 0.15) is 4.21 Å². The third-order valence-electron chi connectivity index (χ3n) is 2.29. The number of rotatable bonds is 3. The molecule has 2 rings (SSSR count). The molecule has 0 bridgehead atoms. The number of anilines is 1. The predicted molar refractivity (Wildman–Crippen MR) is 71.6 cm³/mol. The zero-order valence-electron chi connectivity index (χ0n) is 9.61. The van der Waals surface area contributed by atoms with Crippen molar-refractivity contribution in [3.63, 3.8) is 0 Å². The molecule has 2 aromatic rings. The van der Waals surface area contributed by atoms with Crippen molar-refractivity contribution in [2.75, 3.05) is 4.72 Å². The van der Waals surface area contributed by atoms with Gasteiger partial charge in [0.15, 0.2) is 0 Å². The van der Waals surface area contributed by atoms with Crippen molar-refractivity contribution in [2.24, 2.45) is 0 Å². The zero-order valence-corrected chi connectivity index (χ0v) is 12.0. The van der Waals surface area contributed by atoms with Crippen molar-refractivity contribution in [3.05, 3.63) is 46.3 Å². The molecule has 20 heavy (non-hydrogen) atoms. The van der Waals surface area contributed by atoms with Gasteiger partial charge in [0.2, 0.25) is 0 Å². The Morgan fingerprint density at radius 3 is 2.30 bits per heavy atom. The van der Waals surface area contributed by atoms with Gasteiger partial charge in [0, 0.05) is 0 Å². The van der Waals surface area contributed by atoms with Gasteiger partial charge in [-0.25, -0.2) is 8.42 Å². The van der Waals surface area contributed by atoms with E-state index in [1.165, 1.54) is 24.3 Å². The van der Waals surface area contributed by atoms with Crippen molar-refractivity contribution in [1.29, 1.82) is 0 Å². The third-order valence-corrected chi connectivity index (χ3v) is 5.38. The van der Waals surface area contributed by atoms with Crippen LogP contribution >= 0.6 is 22.9 Å². The van der Waals surface area contributed by atoms with Gasteiger partial charge in [-0.1, -0.05) is 23.7 Å². The number of benzene rings is 1. The van der Waals surface area contributed by atoms with Crippen LogP contribution in [-0.4, -0.2) is 8.42 Å². The highest BCUT2D eigenvalue weighted by Crippen LogP contribution is 2.36. The molecule has 0 aliphatic carbocycles. The van der Waals surface area contributed by atoms with E-state index in [0.29, 0.717) is 0 Å². The summed E-state index contributed by atoms with van der Waals surface area (Å²) >= 11 is 6.38. The monoisotopic (exact) mass is 341 g/mol. The number of nitrogens with one attached hydrogen (secondary N) is 1. The Hall–Kier alpha value is -1.25. The van der Waals surface area contributed by atoms with Crippen LogP contribution in [0.3, 0.4) is 0 Å². The Bertz CT molecular complexity index is 725. The molecule has 1 heterocycles. The lowest BCUT2D eigenvalue weighted by Gasteiger charge is -2.13. The summed E-state index contributed by atoms with van der Waals surface area (Å²) in [5.74, 6) is 0. The molecule has 0 atom stereocenters. The average molecular weight is 342 g/mol. The summed E-state index contributed by atoms with van der Waals surface area (Å²) in [5.41, 5.74) is -1.57. The number of hydrogen-bond acceptors (Lipinski definition) is 3. The van der Waals surface area contributed by atoms with E-state index in [-0.39, 0.29) is 8.55 Å². The maximum Gasteiger partial charge on any atom is 0.418 e. The molecular formula is C11H7ClF3NO2S2. The quantitative estimate of drug-likeness (QED) is 0.908. The van der Waals surface area contributed by atoms with Gasteiger partial charge >= 0.3 is 6.18 Å². The second kappa shape index (κ2) is 5.27. The van der Waals surface area contributed by atoms with Crippen LogP contribution < -0.4 is 4.72 Å².